The van der Waals surface area contributed by atoms with Crippen molar-refractivity contribution < 1.29 is 0 Å². The Hall–Kier alpha value is -0.380. The molecule has 0 aliphatic carbocycles. The zero-order valence-corrected chi connectivity index (χ0v) is 11.9. The summed E-state index contributed by atoms with van der Waals surface area (Å²) in [4.78, 5) is 4.40. The number of aromatic nitrogens is 1. The maximum absolute atomic E-state index is 6.33. The highest BCUT2D eigenvalue weighted by molar-refractivity contribution is 9.10. The van der Waals surface area contributed by atoms with Crippen molar-refractivity contribution in [3.8, 4) is 0 Å². The van der Waals surface area contributed by atoms with E-state index in [9.17, 15) is 0 Å². The van der Waals surface area contributed by atoms with Crippen LogP contribution in [0.4, 0.5) is 0 Å². The Morgan fingerprint density at radius 1 is 1.38 bits per heavy atom. The first-order valence-corrected chi connectivity index (χ1v) is 7.06. The van der Waals surface area contributed by atoms with Gasteiger partial charge in [-0.05, 0) is 31.0 Å². The Morgan fingerprint density at radius 3 is 2.62 bits per heavy atom. The zero-order chi connectivity index (χ0) is 11.5. The molecule has 2 rings (SSSR count). The van der Waals surface area contributed by atoms with Gasteiger partial charge >= 0.3 is 0 Å². The molecule has 1 nitrogen and oxygen atoms in total. The van der Waals surface area contributed by atoms with Crippen molar-refractivity contribution in [3.63, 3.8) is 0 Å². The monoisotopic (exact) mass is 315 g/mol. The number of rotatable bonds is 3. The van der Waals surface area contributed by atoms with E-state index in [1.165, 1.54) is 5.56 Å². The zero-order valence-electron chi connectivity index (χ0n) is 8.78. The van der Waals surface area contributed by atoms with E-state index in [2.05, 4.69) is 33.0 Å². The van der Waals surface area contributed by atoms with Crippen LogP contribution in [0, 0.1) is 6.92 Å². The lowest BCUT2D eigenvalue weighted by molar-refractivity contribution is 0.883. The molecule has 1 atom stereocenters. The summed E-state index contributed by atoms with van der Waals surface area (Å²) in [5, 5.41) is 3.06. The molecule has 0 saturated carbocycles. The van der Waals surface area contributed by atoms with Gasteiger partial charge in [0.05, 0.1) is 16.1 Å². The van der Waals surface area contributed by atoms with Crippen molar-refractivity contribution in [1.82, 2.24) is 4.98 Å². The third kappa shape index (κ3) is 3.06. The molecule has 0 N–H and O–H groups in total. The summed E-state index contributed by atoms with van der Waals surface area (Å²) >= 11 is 11.4. The van der Waals surface area contributed by atoms with E-state index < -0.39 is 0 Å². The third-order valence-electron chi connectivity index (χ3n) is 2.29. The molecule has 2 aromatic rings. The molecule has 0 spiro atoms. The van der Waals surface area contributed by atoms with E-state index in [1.807, 2.05) is 24.4 Å². The maximum Gasteiger partial charge on any atom is 0.0897 e. The number of hydrogen-bond donors (Lipinski definition) is 0. The lowest BCUT2D eigenvalue weighted by Crippen LogP contribution is -1.96. The fourth-order valence-corrected chi connectivity index (χ4v) is 2.75. The predicted octanol–water partition coefficient (Wildman–Crippen LogP) is 4.74. The average Bonchev–Trinajstić information content (AvgIpc) is 2.68. The number of hydrogen-bond acceptors (Lipinski definition) is 2. The van der Waals surface area contributed by atoms with Gasteiger partial charge in [0, 0.05) is 9.85 Å². The Labute approximate surface area is 113 Å². The van der Waals surface area contributed by atoms with E-state index in [1.54, 1.807) is 11.3 Å². The van der Waals surface area contributed by atoms with E-state index in [-0.39, 0.29) is 5.38 Å². The van der Waals surface area contributed by atoms with Gasteiger partial charge in [0.1, 0.15) is 0 Å². The van der Waals surface area contributed by atoms with Crippen molar-refractivity contribution >= 4 is 38.9 Å². The van der Waals surface area contributed by atoms with E-state index >= 15 is 0 Å². The number of thiazole rings is 1. The van der Waals surface area contributed by atoms with Gasteiger partial charge < -0.3 is 0 Å². The van der Waals surface area contributed by atoms with Crippen LogP contribution in [0.3, 0.4) is 0 Å². The molecule has 0 fully saturated rings. The molecule has 0 radical (unpaired) electrons. The standard InChI is InChI=1S/C12H11BrClNS/c1-8-15-12(7-16-8)11(14)6-9-2-4-10(13)5-3-9/h2-5,7,11H,6H2,1H3. The maximum atomic E-state index is 6.33. The molecule has 16 heavy (non-hydrogen) atoms. The second-order valence-corrected chi connectivity index (χ2v) is 6.09. The van der Waals surface area contributed by atoms with Crippen LogP contribution < -0.4 is 0 Å². The molecule has 0 bridgehead atoms. The van der Waals surface area contributed by atoms with Crippen molar-refractivity contribution in [2.45, 2.75) is 18.7 Å². The first kappa shape index (κ1) is 12.1. The quantitative estimate of drug-likeness (QED) is 0.746. The summed E-state index contributed by atoms with van der Waals surface area (Å²) in [6.07, 6.45) is 0.817. The lowest BCUT2D eigenvalue weighted by Gasteiger charge is -2.06. The third-order valence-corrected chi connectivity index (χ3v) is 3.98. The highest BCUT2D eigenvalue weighted by atomic mass is 79.9. The molecule has 0 aliphatic rings. The molecule has 0 saturated heterocycles. The molecule has 4 heteroatoms. The van der Waals surface area contributed by atoms with Crippen LogP contribution in [0.15, 0.2) is 34.1 Å². The second-order valence-electron chi connectivity index (χ2n) is 3.59. The topological polar surface area (TPSA) is 12.9 Å². The number of benzene rings is 1. The normalized spacial score (nSPS) is 12.7. The minimum Gasteiger partial charge on any atom is -0.245 e. The van der Waals surface area contributed by atoms with Crippen LogP contribution in [0.1, 0.15) is 21.6 Å². The van der Waals surface area contributed by atoms with Gasteiger partial charge in [-0.25, -0.2) is 4.98 Å². The first-order chi connectivity index (χ1) is 7.65. The molecule has 1 aromatic carbocycles. The Morgan fingerprint density at radius 2 is 2.06 bits per heavy atom. The van der Waals surface area contributed by atoms with E-state index in [4.69, 9.17) is 11.6 Å². The first-order valence-electron chi connectivity index (χ1n) is 4.95. The van der Waals surface area contributed by atoms with Crippen molar-refractivity contribution in [2.75, 3.05) is 0 Å². The number of halogens is 2. The average molecular weight is 317 g/mol. The summed E-state index contributed by atoms with van der Waals surface area (Å²) in [5.41, 5.74) is 2.21. The molecular weight excluding hydrogens is 306 g/mol. The van der Waals surface area contributed by atoms with Gasteiger partial charge in [0.2, 0.25) is 0 Å². The summed E-state index contributed by atoms with van der Waals surface area (Å²) < 4.78 is 1.09. The van der Waals surface area contributed by atoms with Crippen LogP contribution in [-0.2, 0) is 6.42 Å². The van der Waals surface area contributed by atoms with Gasteiger partial charge in [-0.1, -0.05) is 28.1 Å². The van der Waals surface area contributed by atoms with Gasteiger partial charge in [0.25, 0.3) is 0 Å². The highest BCUT2D eigenvalue weighted by Crippen LogP contribution is 2.26. The summed E-state index contributed by atoms with van der Waals surface area (Å²) in [6, 6.07) is 8.23. The molecule has 1 aromatic heterocycles. The number of nitrogens with zero attached hydrogens (tertiary/aromatic N) is 1. The fourth-order valence-electron chi connectivity index (χ4n) is 1.46. The van der Waals surface area contributed by atoms with Crippen LogP contribution in [0.2, 0.25) is 0 Å². The Kier molecular flexibility index (Phi) is 4.00. The minimum atomic E-state index is -0.0360. The molecule has 0 aliphatic heterocycles. The van der Waals surface area contributed by atoms with Gasteiger partial charge in [-0.15, -0.1) is 22.9 Å². The fraction of sp³-hybridized carbons (Fsp3) is 0.250. The van der Waals surface area contributed by atoms with Crippen LogP contribution in [0.5, 0.6) is 0 Å². The molecular formula is C12H11BrClNS. The largest absolute Gasteiger partial charge is 0.245 e. The summed E-state index contributed by atoms with van der Waals surface area (Å²) in [5.74, 6) is 0. The molecule has 1 unspecified atom stereocenters. The lowest BCUT2D eigenvalue weighted by atomic mass is 10.1. The molecule has 0 amide bonds. The summed E-state index contributed by atoms with van der Waals surface area (Å²) in [6.45, 7) is 2.00. The van der Waals surface area contributed by atoms with Gasteiger partial charge in [-0.3, -0.25) is 0 Å². The van der Waals surface area contributed by atoms with Crippen LogP contribution in [-0.4, -0.2) is 4.98 Å². The van der Waals surface area contributed by atoms with Crippen molar-refractivity contribution in [2.24, 2.45) is 0 Å². The summed E-state index contributed by atoms with van der Waals surface area (Å²) in [7, 11) is 0. The van der Waals surface area contributed by atoms with Crippen molar-refractivity contribution in [3.05, 3.63) is 50.4 Å². The second kappa shape index (κ2) is 5.30. The van der Waals surface area contributed by atoms with Crippen LogP contribution in [0.25, 0.3) is 0 Å². The van der Waals surface area contributed by atoms with Gasteiger partial charge in [-0.2, -0.15) is 0 Å². The molecule has 1 heterocycles. The van der Waals surface area contributed by atoms with E-state index in [0.717, 1.165) is 21.6 Å². The number of aryl methyl sites for hydroxylation is 1. The number of alkyl halides is 1. The molecule has 84 valence electrons. The highest BCUT2D eigenvalue weighted by Gasteiger charge is 2.11. The van der Waals surface area contributed by atoms with Crippen molar-refractivity contribution in [1.29, 1.82) is 0 Å². The SMILES string of the molecule is Cc1nc(C(Cl)Cc2ccc(Br)cc2)cs1. The van der Waals surface area contributed by atoms with Crippen LogP contribution >= 0.6 is 38.9 Å². The Bertz CT molecular complexity index is 466. The Balaban J connectivity index is 2.07. The predicted molar refractivity (Wildman–Crippen MR) is 73.3 cm³/mol. The smallest absolute Gasteiger partial charge is 0.0897 e. The minimum absolute atomic E-state index is 0.0360. The van der Waals surface area contributed by atoms with E-state index in [0.29, 0.717) is 0 Å². The van der Waals surface area contributed by atoms with Gasteiger partial charge in [0.15, 0.2) is 0 Å².